The lowest BCUT2D eigenvalue weighted by molar-refractivity contribution is 0.159. The zero-order valence-corrected chi connectivity index (χ0v) is 14.3. The molecule has 8 heteroatoms. The van der Waals surface area contributed by atoms with Crippen LogP contribution >= 0.6 is 0 Å². The second-order valence-corrected chi connectivity index (χ2v) is 7.71. The van der Waals surface area contributed by atoms with E-state index >= 15 is 0 Å². The lowest BCUT2D eigenvalue weighted by Gasteiger charge is -2.13. The third-order valence-electron chi connectivity index (χ3n) is 3.39. The normalized spacial score (nSPS) is 11.4. The predicted octanol–water partition coefficient (Wildman–Crippen LogP) is 2.03. The number of nitrogens with one attached hydrogen (secondary N) is 1. The van der Waals surface area contributed by atoms with Gasteiger partial charge in [0.2, 0.25) is 0 Å². The largest absolute Gasteiger partial charge is 0.381 e. The number of rotatable bonds is 7. The van der Waals surface area contributed by atoms with Crippen molar-refractivity contribution in [3.8, 4) is 6.07 Å². The van der Waals surface area contributed by atoms with Gasteiger partial charge < -0.3 is 10.1 Å². The molecule has 6 nitrogen and oxygen atoms in total. The number of halogens is 1. The molecule has 1 N–H and O–H groups in total. The van der Waals surface area contributed by atoms with Crippen LogP contribution in [0.3, 0.4) is 0 Å². The van der Waals surface area contributed by atoms with Crippen LogP contribution in [0.15, 0.2) is 18.3 Å². The van der Waals surface area contributed by atoms with Gasteiger partial charge in [0, 0.05) is 24.4 Å². The molecule has 24 heavy (non-hydrogen) atoms. The van der Waals surface area contributed by atoms with Crippen molar-refractivity contribution >= 4 is 26.4 Å². The molecule has 1 aromatic heterocycles. The number of hydrogen-bond donors (Lipinski definition) is 1. The molecule has 0 radical (unpaired) electrons. The highest BCUT2D eigenvalue weighted by Gasteiger charge is 2.11. The number of aryl methyl sites for hydroxylation is 1. The predicted molar refractivity (Wildman–Crippen MR) is 90.2 cm³/mol. The molecule has 0 atom stereocenters. The molecule has 0 aliphatic carbocycles. The van der Waals surface area contributed by atoms with Crippen LogP contribution < -0.4 is 5.32 Å². The number of nitrogens with zero attached hydrogens (tertiary/aromatic N) is 2. The van der Waals surface area contributed by atoms with Crippen LogP contribution in [0.1, 0.15) is 11.1 Å². The lowest BCUT2D eigenvalue weighted by atomic mass is 10.1. The van der Waals surface area contributed by atoms with E-state index in [0.29, 0.717) is 34.3 Å². The van der Waals surface area contributed by atoms with Gasteiger partial charge in [-0.1, -0.05) is 0 Å². The number of ether oxygens (including phenoxy) is 1. The molecular weight excluding hydrogens is 333 g/mol. The second kappa shape index (κ2) is 7.55. The molecule has 0 saturated heterocycles. The van der Waals surface area contributed by atoms with Gasteiger partial charge in [0.05, 0.1) is 35.7 Å². The number of fused-ring (bicyclic) bond motifs is 1. The summed E-state index contributed by atoms with van der Waals surface area (Å²) >= 11 is 0. The van der Waals surface area contributed by atoms with Crippen LogP contribution in [0.4, 0.5) is 10.1 Å². The minimum absolute atomic E-state index is 0.0426. The molecule has 0 bridgehead atoms. The van der Waals surface area contributed by atoms with Crippen molar-refractivity contribution in [3.63, 3.8) is 0 Å². The average Bonchev–Trinajstić information content (AvgIpc) is 2.49. The summed E-state index contributed by atoms with van der Waals surface area (Å²) in [6.07, 6.45) is 2.59. The molecule has 0 fully saturated rings. The number of sulfone groups is 1. The van der Waals surface area contributed by atoms with Gasteiger partial charge >= 0.3 is 0 Å². The van der Waals surface area contributed by atoms with Gasteiger partial charge in [-0.25, -0.2) is 12.8 Å². The van der Waals surface area contributed by atoms with Gasteiger partial charge in [-0.3, -0.25) is 4.98 Å². The van der Waals surface area contributed by atoms with Crippen LogP contribution in [-0.2, 0) is 14.6 Å². The van der Waals surface area contributed by atoms with Crippen molar-refractivity contribution in [1.29, 1.82) is 5.26 Å². The van der Waals surface area contributed by atoms with Gasteiger partial charge in [-0.15, -0.1) is 0 Å². The maximum Gasteiger partial charge on any atom is 0.149 e. The van der Waals surface area contributed by atoms with Gasteiger partial charge in [0.15, 0.2) is 0 Å². The standard InChI is InChI=1S/C16H18FN3O3S/c1-11-7-13(17)8-14-15(11)20-10-12(9-18)16(14)19-3-4-23-5-6-24(2,21)22/h7-8,10H,3-6H2,1-2H3,(H,19,20). The van der Waals surface area contributed by atoms with E-state index in [9.17, 15) is 18.1 Å². The SMILES string of the molecule is Cc1cc(F)cc2c(NCCOCCS(C)(=O)=O)c(C#N)cnc12. The first-order chi connectivity index (χ1) is 11.3. The zero-order chi connectivity index (χ0) is 17.7. The van der Waals surface area contributed by atoms with Crippen molar-refractivity contribution in [2.24, 2.45) is 0 Å². The Kier molecular flexibility index (Phi) is 5.70. The molecule has 0 spiro atoms. The van der Waals surface area contributed by atoms with Crippen molar-refractivity contribution in [1.82, 2.24) is 4.98 Å². The first kappa shape index (κ1) is 18.1. The molecule has 0 aliphatic rings. The van der Waals surface area contributed by atoms with Crippen molar-refractivity contribution in [3.05, 3.63) is 35.3 Å². The molecular formula is C16H18FN3O3S. The smallest absolute Gasteiger partial charge is 0.149 e. The van der Waals surface area contributed by atoms with E-state index in [0.717, 1.165) is 6.26 Å². The van der Waals surface area contributed by atoms with Crippen LogP contribution in [0.2, 0.25) is 0 Å². The molecule has 0 amide bonds. The Hall–Kier alpha value is -2.24. The van der Waals surface area contributed by atoms with Gasteiger partial charge in [-0.05, 0) is 24.6 Å². The lowest BCUT2D eigenvalue weighted by Crippen LogP contribution is -2.15. The van der Waals surface area contributed by atoms with E-state index < -0.39 is 15.7 Å². The fourth-order valence-corrected chi connectivity index (χ4v) is 2.69. The molecule has 0 aliphatic heterocycles. The number of anilines is 1. The molecule has 2 aromatic rings. The Labute approximate surface area is 140 Å². The number of benzene rings is 1. The molecule has 1 heterocycles. The molecule has 2 rings (SSSR count). The highest BCUT2D eigenvalue weighted by molar-refractivity contribution is 7.90. The molecule has 1 aromatic carbocycles. The Morgan fingerprint density at radius 1 is 1.38 bits per heavy atom. The quantitative estimate of drug-likeness (QED) is 0.768. The molecule has 0 unspecified atom stereocenters. The number of nitriles is 1. The number of pyridine rings is 1. The van der Waals surface area contributed by atoms with Crippen LogP contribution in [-0.4, -0.2) is 45.2 Å². The Morgan fingerprint density at radius 3 is 2.79 bits per heavy atom. The van der Waals surface area contributed by atoms with Crippen LogP contribution in [0.5, 0.6) is 0 Å². The van der Waals surface area contributed by atoms with E-state index in [-0.39, 0.29) is 19.0 Å². The third-order valence-corrected chi connectivity index (χ3v) is 4.30. The number of hydrogen-bond acceptors (Lipinski definition) is 6. The van der Waals surface area contributed by atoms with Gasteiger partial charge in [-0.2, -0.15) is 5.26 Å². The monoisotopic (exact) mass is 351 g/mol. The summed E-state index contributed by atoms with van der Waals surface area (Å²) < 4.78 is 41.0. The van der Waals surface area contributed by atoms with Crippen molar-refractivity contribution < 1.29 is 17.5 Å². The van der Waals surface area contributed by atoms with Crippen molar-refractivity contribution in [2.75, 3.05) is 37.1 Å². The topological polar surface area (TPSA) is 92.1 Å². The maximum absolute atomic E-state index is 13.7. The fourth-order valence-electron chi connectivity index (χ4n) is 2.27. The highest BCUT2D eigenvalue weighted by Crippen LogP contribution is 2.28. The van der Waals surface area contributed by atoms with E-state index in [1.807, 2.05) is 6.07 Å². The first-order valence-electron chi connectivity index (χ1n) is 7.30. The van der Waals surface area contributed by atoms with Gasteiger partial charge in [0.25, 0.3) is 0 Å². The Balaban J connectivity index is 2.12. The van der Waals surface area contributed by atoms with Crippen molar-refractivity contribution in [2.45, 2.75) is 6.92 Å². The maximum atomic E-state index is 13.7. The van der Waals surface area contributed by atoms with E-state index in [1.165, 1.54) is 18.3 Å². The second-order valence-electron chi connectivity index (χ2n) is 5.45. The summed E-state index contributed by atoms with van der Waals surface area (Å²) in [6.45, 7) is 2.48. The first-order valence-corrected chi connectivity index (χ1v) is 9.36. The average molecular weight is 351 g/mol. The van der Waals surface area contributed by atoms with Crippen LogP contribution in [0, 0.1) is 24.1 Å². The Morgan fingerprint density at radius 2 is 2.12 bits per heavy atom. The van der Waals surface area contributed by atoms with Gasteiger partial charge in [0.1, 0.15) is 21.7 Å². The van der Waals surface area contributed by atoms with Crippen LogP contribution in [0.25, 0.3) is 10.9 Å². The van der Waals surface area contributed by atoms with E-state index in [4.69, 9.17) is 4.74 Å². The fraction of sp³-hybridized carbons (Fsp3) is 0.375. The summed E-state index contributed by atoms with van der Waals surface area (Å²) in [5, 5.41) is 12.8. The summed E-state index contributed by atoms with van der Waals surface area (Å²) in [6, 6.07) is 4.76. The molecule has 0 saturated carbocycles. The summed E-state index contributed by atoms with van der Waals surface area (Å²) in [4.78, 5) is 4.21. The summed E-state index contributed by atoms with van der Waals surface area (Å²) in [5.41, 5.74) is 2.11. The van der Waals surface area contributed by atoms with E-state index in [1.54, 1.807) is 6.92 Å². The van der Waals surface area contributed by atoms with E-state index in [2.05, 4.69) is 10.3 Å². The molecule has 128 valence electrons. The zero-order valence-electron chi connectivity index (χ0n) is 13.5. The third kappa shape index (κ3) is 4.63. The minimum Gasteiger partial charge on any atom is -0.381 e. The highest BCUT2D eigenvalue weighted by atomic mass is 32.2. The summed E-state index contributed by atoms with van der Waals surface area (Å²) in [7, 11) is -3.05. The minimum atomic E-state index is -3.05. The number of aromatic nitrogens is 1. The summed E-state index contributed by atoms with van der Waals surface area (Å²) in [5.74, 6) is -0.441. The Bertz CT molecular complexity index is 892.